The van der Waals surface area contributed by atoms with E-state index in [0.717, 1.165) is 42.6 Å². The second-order valence-electron chi connectivity index (χ2n) is 7.29. The van der Waals surface area contributed by atoms with E-state index in [1.807, 2.05) is 7.05 Å². The van der Waals surface area contributed by atoms with Crippen molar-refractivity contribution in [1.82, 2.24) is 15.3 Å². The lowest BCUT2D eigenvalue weighted by atomic mass is 9.71. The second-order valence-corrected chi connectivity index (χ2v) is 8.30. The van der Waals surface area contributed by atoms with E-state index in [4.69, 9.17) is 10.7 Å². The minimum absolute atomic E-state index is 0.336. The number of carbonyl (C=O) groups is 1. The fourth-order valence-electron chi connectivity index (χ4n) is 2.96. The number of nitrogens with one attached hydrogen (secondary N) is 1. The van der Waals surface area contributed by atoms with Crippen molar-refractivity contribution in [3.05, 3.63) is 22.3 Å². The number of hydrogen-bond acceptors (Lipinski definition) is 6. The first-order valence-corrected chi connectivity index (χ1v) is 9.29. The van der Waals surface area contributed by atoms with Crippen molar-refractivity contribution in [2.75, 3.05) is 20.1 Å². The molecule has 3 rings (SSSR count). The number of hydrogen-bond donors (Lipinski definition) is 2. The van der Waals surface area contributed by atoms with E-state index < -0.39 is 0 Å². The lowest BCUT2D eigenvalue weighted by Crippen LogP contribution is -2.27. The summed E-state index contributed by atoms with van der Waals surface area (Å²) >= 11 is 1.39. The van der Waals surface area contributed by atoms with E-state index in [1.165, 1.54) is 29.0 Å². The summed E-state index contributed by atoms with van der Waals surface area (Å²) in [4.78, 5) is 20.7. The molecule has 0 radical (unpaired) electrons. The fourth-order valence-corrected chi connectivity index (χ4v) is 3.72. The van der Waals surface area contributed by atoms with Gasteiger partial charge in [-0.15, -0.1) is 0 Å². The first-order chi connectivity index (χ1) is 11.4. The molecule has 0 aromatic carbocycles. The van der Waals surface area contributed by atoms with Gasteiger partial charge in [-0.25, -0.2) is 9.97 Å². The quantitative estimate of drug-likeness (QED) is 0.834. The van der Waals surface area contributed by atoms with Crippen LogP contribution in [0, 0.1) is 11.3 Å². The van der Waals surface area contributed by atoms with Crippen LogP contribution >= 0.6 is 11.3 Å². The number of aryl methyl sites for hydroxylation is 1. The van der Waals surface area contributed by atoms with Gasteiger partial charge in [0.1, 0.15) is 10.3 Å². The average Bonchev–Trinajstić information content (AvgIpc) is 2.94. The van der Waals surface area contributed by atoms with Gasteiger partial charge in [-0.2, -0.15) is 0 Å². The smallest absolute Gasteiger partial charge is 0.178 e. The van der Waals surface area contributed by atoms with Crippen LogP contribution in [-0.2, 0) is 12.8 Å². The van der Waals surface area contributed by atoms with Crippen molar-refractivity contribution in [3.8, 4) is 0 Å². The predicted molar refractivity (Wildman–Crippen MR) is 101 cm³/mol. The van der Waals surface area contributed by atoms with Crippen LogP contribution in [0.2, 0.25) is 0 Å². The standard InChI is InChI=1S/C15H18N2OS.C3H10N2/c1-15(2,3)10-4-5-11-9(6-10)7-12-14(17-11)19-13(8-18)16-12;1-5-3-2-4/h7-8,10H,4-6H2,1-3H3;5H,2-4H2,1H3. The Morgan fingerprint density at radius 1 is 1.42 bits per heavy atom. The van der Waals surface area contributed by atoms with Crippen LogP contribution in [0.4, 0.5) is 0 Å². The number of likely N-dealkylation sites (N-methyl/N-ethyl adjacent to an activating group) is 1. The number of aromatic nitrogens is 2. The summed E-state index contributed by atoms with van der Waals surface area (Å²) in [6, 6.07) is 2.14. The molecule has 2 aromatic rings. The third-order valence-electron chi connectivity index (χ3n) is 4.48. The molecule has 0 aliphatic heterocycles. The minimum Gasteiger partial charge on any atom is -0.329 e. The summed E-state index contributed by atoms with van der Waals surface area (Å²) in [5.74, 6) is 0.698. The Bertz CT molecular complexity index is 688. The molecule has 2 heterocycles. The third-order valence-corrected chi connectivity index (χ3v) is 5.38. The lowest BCUT2D eigenvalue weighted by molar-refractivity contribution is 0.112. The van der Waals surface area contributed by atoms with Gasteiger partial charge in [0, 0.05) is 18.8 Å². The third kappa shape index (κ3) is 4.59. The van der Waals surface area contributed by atoms with Gasteiger partial charge in [0.25, 0.3) is 0 Å². The Balaban J connectivity index is 0.000000368. The molecule has 0 spiro atoms. The van der Waals surface area contributed by atoms with E-state index in [-0.39, 0.29) is 0 Å². The number of fused-ring (bicyclic) bond motifs is 2. The second kappa shape index (κ2) is 8.14. The minimum atomic E-state index is 0.336. The van der Waals surface area contributed by atoms with Crippen molar-refractivity contribution in [2.45, 2.75) is 40.0 Å². The average molecular weight is 349 g/mol. The molecule has 0 fully saturated rings. The molecule has 0 bridgehead atoms. The van der Waals surface area contributed by atoms with Crippen LogP contribution in [0.3, 0.4) is 0 Å². The Kier molecular flexibility index (Phi) is 6.43. The molecule has 3 N–H and O–H groups in total. The van der Waals surface area contributed by atoms with E-state index in [9.17, 15) is 4.79 Å². The highest BCUT2D eigenvalue weighted by molar-refractivity contribution is 7.19. The molecule has 1 atom stereocenters. The number of nitrogens with two attached hydrogens (primary N) is 1. The van der Waals surface area contributed by atoms with Gasteiger partial charge in [0.15, 0.2) is 11.3 Å². The molecule has 6 heteroatoms. The summed E-state index contributed by atoms with van der Waals surface area (Å²) in [6.45, 7) is 8.57. The normalized spacial score (nSPS) is 17.1. The topological polar surface area (TPSA) is 80.9 Å². The zero-order valence-electron chi connectivity index (χ0n) is 15.1. The number of pyridine rings is 1. The first-order valence-electron chi connectivity index (χ1n) is 8.48. The van der Waals surface area contributed by atoms with Crippen LogP contribution < -0.4 is 11.1 Å². The molecule has 132 valence electrons. The van der Waals surface area contributed by atoms with Gasteiger partial charge < -0.3 is 11.1 Å². The summed E-state index contributed by atoms with van der Waals surface area (Å²) in [7, 11) is 1.88. The van der Waals surface area contributed by atoms with Gasteiger partial charge in [0.05, 0.1) is 0 Å². The highest BCUT2D eigenvalue weighted by atomic mass is 32.1. The van der Waals surface area contributed by atoms with Crippen LogP contribution in [-0.4, -0.2) is 36.4 Å². The largest absolute Gasteiger partial charge is 0.329 e. The van der Waals surface area contributed by atoms with E-state index in [2.05, 4.69) is 37.1 Å². The number of aldehydes is 1. The van der Waals surface area contributed by atoms with E-state index >= 15 is 0 Å². The Hall–Kier alpha value is -1.37. The molecular weight excluding hydrogens is 320 g/mol. The van der Waals surface area contributed by atoms with Crippen LogP contribution in [0.25, 0.3) is 10.3 Å². The van der Waals surface area contributed by atoms with Crippen LogP contribution in [0.5, 0.6) is 0 Å². The molecule has 24 heavy (non-hydrogen) atoms. The lowest BCUT2D eigenvalue weighted by Gasteiger charge is -2.34. The summed E-state index contributed by atoms with van der Waals surface area (Å²) in [6.07, 6.45) is 4.13. The first kappa shape index (κ1) is 19.0. The SMILES string of the molecule is CC(C)(C)C1CCc2nc3sc(C=O)nc3cc2C1.CNCCN. The van der Waals surface area contributed by atoms with Crippen molar-refractivity contribution in [3.63, 3.8) is 0 Å². The molecule has 0 saturated heterocycles. The molecule has 0 saturated carbocycles. The number of carbonyl (C=O) groups excluding carboxylic acids is 1. The van der Waals surface area contributed by atoms with Gasteiger partial charge >= 0.3 is 0 Å². The maximum Gasteiger partial charge on any atom is 0.178 e. The molecule has 1 unspecified atom stereocenters. The van der Waals surface area contributed by atoms with Crippen molar-refractivity contribution >= 4 is 28.0 Å². The van der Waals surface area contributed by atoms with Gasteiger partial charge in [0.2, 0.25) is 0 Å². The molecule has 2 aromatic heterocycles. The Morgan fingerprint density at radius 2 is 2.17 bits per heavy atom. The van der Waals surface area contributed by atoms with Crippen molar-refractivity contribution < 1.29 is 4.79 Å². The molecule has 1 aliphatic rings. The zero-order chi connectivity index (χ0) is 17.7. The number of nitrogens with zero attached hydrogens (tertiary/aromatic N) is 2. The molecule has 1 aliphatic carbocycles. The van der Waals surface area contributed by atoms with Crippen LogP contribution in [0.15, 0.2) is 6.07 Å². The van der Waals surface area contributed by atoms with Crippen LogP contribution in [0.1, 0.15) is 48.3 Å². The molecule has 5 nitrogen and oxygen atoms in total. The highest BCUT2D eigenvalue weighted by Gasteiger charge is 2.29. The molecule has 0 amide bonds. The van der Waals surface area contributed by atoms with Gasteiger partial charge in [-0.1, -0.05) is 32.1 Å². The maximum absolute atomic E-state index is 10.8. The fraction of sp³-hybridized carbons (Fsp3) is 0.611. The number of thiazole rings is 1. The van der Waals surface area contributed by atoms with Gasteiger partial charge in [-0.3, -0.25) is 4.79 Å². The Morgan fingerprint density at radius 3 is 2.71 bits per heavy atom. The predicted octanol–water partition coefficient (Wildman–Crippen LogP) is 2.82. The zero-order valence-corrected chi connectivity index (χ0v) is 15.9. The van der Waals surface area contributed by atoms with Crippen molar-refractivity contribution in [1.29, 1.82) is 0 Å². The van der Waals surface area contributed by atoms with Crippen molar-refractivity contribution in [2.24, 2.45) is 17.1 Å². The van der Waals surface area contributed by atoms with Gasteiger partial charge in [-0.05, 0) is 49.3 Å². The van der Waals surface area contributed by atoms with E-state index in [0.29, 0.717) is 16.3 Å². The summed E-state index contributed by atoms with van der Waals surface area (Å²) in [5.41, 5.74) is 8.81. The monoisotopic (exact) mass is 348 g/mol. The summed E-state index contributed by atoms with van der Waals surface area (Å²) in [5, 5.41) is 3.42. The number of rotatable bonds is 3. The maximum atomic E-state index is 10.8. The highest BCUT2D eigenvalue weighted by Crippen LogP contribution is 2.37. The Labute approximate surface area is 148 Å². The summed E-state index contributed by atoms with van der Waals surface area (Å²) < 4.78 is 0. The molecular formula is C18H28N4OS. The van der Waals surface area contributed by atoms with E-state index in [1.54, 1.807) is 0 Å².